The van der Waals surface area contributed by atoms with Crippen LogP contribution in [0.3, 0.4) is 0 Å². The van der Waals surface area contributed by atoms with Crippen LogP contribution in [0.4, 0.5) is 0 Å². The summed E-state index contributed by atoms with van der Waals surface area (Å²) < 4.78 is 0. The third-order valence-corrected chi connectivity index (χ3v) is 2.00. The Kier molecular flexibility index (Phi) is 30.2. The molecule has 5 N–H and O–H groups in total. The topological polar surface area (TPSA) is 64.1 Å². The van der Waals surface area contributed by atoms with Crippen molar-refractivity contribution >= 4 is 66.9 Å². The molecule has 0 saturated carbocycles. The van der Waals surface area contributed by atoms with Crippen molar-refractivity contribution < 1.29 is 0 Å². The SMILES string of the molecule is Br.Br.Br.CC(Br)C(CN)NCCN. The molecule has 0 aromatic heterocycles. The second-order valence-corrected chi connectivity index (χ2v) is 3.71. The highest BCUT2D eigenvalue weighted by Crippen LogP contribution is 2.01. The van der Waals surface area contributed by atoms with Crippen LogP contribution >= 0.6 is 66.9 Å². The lowest BCUT2D eigenvalue weighted by Crippen LogP contribution is -2.43. The van der Waals surface area contributed by atoms with E-state index in [1.807, 2.05) is 0 Å². The summed E-state index contributed by atoms with van der Waals surface area (Å²) in [5, 5.41) is 3.22. The minimum Gasteiger partial charge on any atom is -0.329 e. The quantitative estimate of drug-likeness (QED) is 0.552. The van der Waals surface area contributed by atoms with Gasteiger partial charge in [-0.2, -0.15) is 0 Å². The van der Waals surface area contributed by atoms with Gasteiger partial charge < -0.3 is 16.8 Å². The van der Waals surface area contributed by atoms with Crippen LogP contribution in [0.25, 0.3) is 0 Å². The zero-order valence-electron chi connectivity index (χ0n) is 7.53. The number of nitrogens with two attached hydrogens (primary N) is 2. The number of nitrogens with one attached hydrogen (secondary N) is 1. The van der Waals surface area contributed by atoms with E-state index in [0.29, 0.717) is 24.0 Å². The fourth-order valence-electron chi connectivity index (χ4n) is 0.702. The molecule has 0 aliphatic rings. The lowest BCUT2D eigenvalue weighted by atomic mass is 10.2. The minimum atomic E-state index is 0. The molecule has 0 aromatic carbocycles. The van der Waals surface area contributed by atoms with Gasteiger partial charge in [0, 0.05) is 30.5 Å². The maximum absolute atomic E-state index is 5.48. The van der Waals surface area contributed by atoms with Gasteiger partial charge in [-0.15, -0.1) is 50.9 Å². The number of hydrogen-bond acceptors (Lipinski definition) is 3. The van der Waals surface area contributed by atoms with Gasteiger partial charge in [0.2, 0.25) is 0 Å². The Morgan fingerprint density at radius 2 is 1.69 bits per heavy atom. The summed E-state index contributed by atoms with van der Waals surface area (Å²) in [6, 6.07) is 0.337. The third-order valence-electron chi connectivity index (χ3n) is 1.36. The van der Waals surface area contributed by atoms with Crippen molar-refractivity contribution in [1.82, 2.24) is 5.32 Å². The fourth-order valence-corrected chi connectivity index (χ4v) is 1.10. The van der Waals surface area contributed by atoms with Crippen LogP contribution in [0.15, 0.2) is 0 Å². The molecular formula is C6H19Br4N3. The Balaban J connectivity index is -0.000000135. The summed E-state index contributed by atoms with van der Waals surface area (Å²) in [5.74, 6) is 0. The van der Waals surface area contributed by atoms with Gasteiger partial charge in [0.15, 0.2) is 0 Å². The zero-order chi connectivity index (χ0) is 7.98. The first-order chi connectivity index (χ1) is 4.72. The van der Waals surface area contributed by atoms with Gasteiger partial charge in [0.25, 0.3) is 0 Å². The van der Waals surface area contributed by atoms with Crippen molar-refractivity contribution in [2.24, 2.45) is 11.5 Å². The molecule has 3 nitrogen and oxygen atoms in total. The summed E-state index contributed by atoms with van der Waals surface area (Å²) in [6.07, 6.45) is 0. The van der Waals surface area contributed by atoms with E-state index < -0.39 is 0 Å². The molecule has 0 radical (unpaired) electrons. The molecule has 0 amide bonds. The molecule has 0 saturated heterocycles. The maximum atomic E-state index is 5.48. The smallest absolute Gasteiger partial charge is 0.0313 e. The van der Waals surface area contributed by atoms with E-state index in [0.717, 1.165) is 6.54 Å². The highest BCUT2D eigenvalue weighted by molar-refractivity contribution is 9.09. The Morgan fingerprint density at radius 1 is 1.23 bits per heavy atom. The van der Waals surface area contributed by atoms with E-state index in [9.17, 15) is 0 Å². The average Bonchev–Trinajstić information content (AvgIpc) is 1.89. The van der Waals surface area contributed by atoms with Crippen LogP contribution in [0.2, 0.25) is 0 Å². The normalized spacial score (nSPS) is 12.9. The summed E-state index contributed by atoms with van der Waals surface area (Å²) in [5.41, 5.74) is 10.8. The molecule has 0 heterocycles. The van der Waals surface area contributed by atoms with Crippen molar-refractivity contribution in [2.75, 3.05) is 19.6 Å². The minimum absolute atomic E-state index is 0. The molecule has 13 heavy (non-hydrogen) atoms. The lowest BCUT2D eigenvalue weighted by Gasteiger charge is -2.18. The second kappa shape index (κ2) is 16.2. The molecule has 2 atom stereocenters. The van der Waals surface area contributed by atoms with Crippen LogP contribution in [-0.4, -0.2) is 30.5 Å². The highest BCUT2D eigenvalue weighted by atomic mass is 79.9. The van der Waals surface area contributed by atoms with Crippen molar-refractivity contribution in [2.45, 2.75) is 17.8 Å². The van der Waals surface area contributed by atoms with Crippen LogP contribution in [0.1, 0.15) is 6.92 Å². The van der Waals surface area contributed by atoms with Crippen LogP contribution in [-0.2, 0) is 0 Å². The molecule has 0 rings (SSSR count). The Bertz CT molecular complexity index is 84.3. The predicted octanol–water partition coefficient (Wildman–Crippen LogP) is 1.38. The molecule has 0 aliphatic heterocycles. The van der Waals surface area contributed by atoms with Crippen molar-refractivity contribution in [3.05, 3.63) is 0 Å². The lowest BCUT2D eigenvalue weighted by molar-refractivity contribution is 0.526. The summed E-state index contributed by atoms with van der Waals surface area (Å²) in [6.45, 7) is 4.21. The first-order valence-corrected chi connectivity index (χ1v) is 4.41. The molecule has 0 aliphatic carbocycles. The molecule has 0 spiro atoms. The van der Waals surface area contributed by atoms with E-state index in [1.54, 1.807) is 0 Å². The molecule has 0 aromatic rings. The molecule has 7 heteroatoms. The highest BCUT2D eigenvalue weighted by Gasteiger charge is 2.09. The van der Waals surface area contributed by atoms with E-state index in [1.165, 1.54) is 0 Å². The number of halogens is 4. The zero-order valence-corrected chi connectivity index (χ0v) is 14.3. The van der Waals surface area contributed by atoms with E-state index in [4.69, 9.17) is 11.5 Å². The van der Waals surface area contributed by atoms with E-state index >= 15 is 0 Å². The average molecular weight is 453 g/mol. The predicted molar refractivity (Wildman–Crippen MR) is 79.3 cm³/mol. The number of alkyl halides is 1. The fraction of sp³-hybridized carbons (Fsp3) is 1.00. The van der Waals surface area contributed by atoms with Crippen LogP contribution < -0.4 is 16.8 Å². The molecule has 86 valence electrons. The van der Waals surface area contributed by atoms with Gasteiger partial charge in [-0.25, -0.2) is 0 Å². The molecule has 0 bridgehead atoms. The summed E-state index contributed by atoms with van der Waals surface area (Å²) in [4.78, 5) is 0.407. The monoisotopic (exact) mass is 449 g/mol. The molecule has 0 fully saturated rings. The Morgan fingerprint density at radius 3 is 1.92 bits per heavy atom. The third kappa shape index (κ3) is 13.8. The van der Waals surface area contributed by atoms with Gasteiger partial charge in [0.05, 0.1) is 0 Å². The standard InChI is InChI=1S/C6H16BrN3.3BrH/c1-5(7)6(4-9)10-3-2-8;;;/h5-6,10H,2-4,8-9H2,1H3;3*1H. The van der Waals surface area contributed by atoms with Crippen molar-refractivity contribution in [1.29, 1.82) is 0 Å². The van der Waals surface area contributed by atoms with Crippen LogP contribution in [0, 0.1) is 0 Å². The largest absolute Gasteiger partial charge is 0.329 e. The maximum Gasteiger partial charge on any atom is 0.0313 e. The van der Waals surface area contributed by atoms with Gasteiger partial charge in [-0.3, -0.25) is 0 Å². The van der Waals surface area contributed by atoms with Gasteiger partial charge in [0.1, 0.15) is 0 Å². The first kappa shape index (κ1) is 24.2. The first-order valence-electron chi connectivity index (χ1n) is 3.50. The van der Waals surface area contributed by atoms with Gasteiger partial charge >= 0.3 is 0 Å². The Hall–Kier alpha value is 1.80. The number of hydrogen-bond donors (Lipinski definition) is 3. The van der Waals surface area contributed by atoms with Gasteiger partial charge in [-0.05, 0) is 0 Å². The van der Waals surface area contributed by atoms with Gasteiger partial charge in [-0.1, -0.05) is 22.9 Å². The molecule has 2 unspecified atom stereocenters. The molecular weight excluding hydrogens is 434 g/mol. The van der Waals surface area contributed by atoms with Crippen LogP contribution in [0.5, 0.6) is 0 Å². The van der Waals surface area contributed by atoms with Crippen molar-refractivity contribution in [3.63, 3.8) is 0 Å². The Labute approximate surface area is 120 Å². The summed E-state index contributed by atoms with van der Waals surface area (Å²) in [7, 11) is 0. The van der Waals surface area contributed by atoms with E-state index in [2.05, 4.69) is 28.2 Å². The summed E-state index contributed by atoms with van der Waals surface area (Å²) >= 11 is 3.45. The second-order valence-electron chi connectivity index (χ2n) is 2.26. The number of rotatable bonds is 5. The van der Waals surface area contributed by atoms with Crippen molar-refractivity contribution in [3.8, 4) is 0 Å². The van der Waals surface area contributed by atoms with E-state index in [-0.39, 0.29) is 50.9 Å².